The Balaban J connectivity index is 0.00000128. The van der Waals surface area contributed by atoms with E-state index in [1.807, 2.05) is 43.4 Å². The van der Waals surface area contributed by atoms with E-state index in [4.69, 9.17) is 16.0 Å². The molecule has 0 saturated carbocycles. The second-order valence-electron chi connectivity index (χ2n) is 3.30. The zero-order valence-electron chi connectivity index (χ0n) is 8.87. The van der Waals surface area contributed by atoms with E-state index in [-0.39, 0.29) is 12.4 Å². The summed E-state index contributed by atoms with van der Waals surface area (Å²) in [5.41, 5.74) is 1.04. The summed E-state index contributed by atoms with van der Waals surface area (Å²) in [6, 6.07) is 11.6. The average molecular weight is 258 g/mol. The molecule has 2 nitrogen and oxygen atoms in total. The van der Waals surface area contributed by atoms with Crippen molar-refractivity contribution in [2.75, 3.05) is 7.05 Å². The molecule has 2 rings (SSSR count). The van der Waals surface area contributed by atoms with Gasteiger partial charge in [-0.05, 0) is 43.4 Å². The highest BCUT2D eigenvalue weighted by atomic mass is 35.5. The summed E-state index contributed by atoms with van der Waals surface area (Å²) in [5, 5.41) is 3.78. The van der Waals surface area contributed by atoms with Gasteiger partial charge in [-0.2, -0.15) is 0 Å². The largest absolute Gasteiger partial charge is 0.460 e. The molecule has 0 atom stereocenters. The molecule has 0 radical (unpaired) electrons. The van der Waals surface area contributed by atoms with E-state index >= 15 is 0 Å². The molecule has 2 aromatic rings. The second kappa shape index (κ2) is 5.94. The van der Waals surface area contributed by atoms with Gasteiger partial charge < -0.3 is 9.73 Å². The molecule has 0 bridgehead atoms. The average Bonchev–Trinajstić information content (AvgIpc) is 2.68. The van der Waals surface area contributed by atoms with Crippen molar-refractivity contribution < 1.29 is 4.42 Å². The highest BCUT2D eigenvalue weighted by molar-refractivity contribution is 6.30. The molecule has 0 saturated heterocycles. The minimum absolute atomic E-state index is 0. The third-order valence-corrected chi connectivity index (χ3v) is 2.39. The lowest BCUT2D eigenvalue weighted by Gasteiger charge is -1.97. The molecule has 0 aliphatic rings. The van der Waals surface area contributed by atoms with Crippen molar-refractivity contribution in [2.24, 2.45) is 0 Å². The van der Waals surface area contributed by atoms with E-state index in [0.29, 0.717) is 0 Å². The maximum absolute atomic E-state index is 5.81. The van der Waals surface area contributed by atoms with Crippen LogP contribution in [-0.4, -0.2) is 7.05 Å². The predicted molar refractivity (Wildman–Crippen MR) is 69.2 cm³/mol. The maximum atomic E-state index is 5.81. The molecule has 0 amide bonds. The summed E-state index contributed by atoms with van der Waals surface area (Å²) in [5.74, 6) is 1.80. The van der Waals surface area contributed by atoms with E-state index in [1.54, 1.807) is 0 Å². The van der Waals surface area contributed by atoms with E-state index < -0.39 is 0 Å². The summed E-state index contributed by atoms with van der Waals surface area (Å²) in [7, 11) is 1.89. The minimum atomic E-state index is 0. The Morgan fingerprint density at radius 1 is 1.12 bits per heavy atom. The van der Waals surface area contributed by atoms with Gasteiger partial charge in [0.15, 0.2) is 0 Å². The van der Waals surface area contributed by atoms with Gasteiger partial charge in [0.25, 0.3) is 0 Å². The number of rotatable bonds is 3. The van der Waals surface area contributed by atoms with Gasteiger partial charge in [0.1, 0.15) is 11.5 Å². The smallest absolute Gasteiger partial charge is 0.134 e. The van der Waals surface area contributed by atoms with Crippen LogP contribution in [0.2, 0.25) is 5.02 Å². The fourth-order valence-electron chi connectivity index (χ4n) is 1.42. The number of furan rings is 1. The molecule has 4 heteroatoms. The number of benzene rings is 1. The van der Waals surface area contributed by atoms with Crippen LogP contribution in [0, 0.1) is 0 Å². The van der Waals surface area contributed by atoms with Gasteiger partial charge in [-0.1, -0.05) is 11.6 Å². The number of hydrogen-bond donors (Lipinski definition) is 1. The van der Waals surface area contributed by atoms with Crippen molar-refractivity contribution in [3.63, 3.8) is 0 Å². The molecular formula is C12H13Cl2NO. The van der Waals surface area contributed by atoms with E-state index in [1.165, 1.54) is 0 Å². The zero-order valence-corrected chi connectivity index (χ0v) is 10.4. The van der Waals surface area contributed by atoms with E-state index in [9.17, 15) is 0 Å². The first-order valence-corrected chi connectivity index (χ1v) is 5.16. The molecule has 1 N–H and O–H groups in total. The van der Waals surface area contributed by atoms with Crippen LogP contribution < -0.4 is 5.32 Å². The molecule has 0 fully saturated rings. The Morgan fingerprint density at radius 3 is 2.44 bits per heavy atom. The molecule has 0 aliphatic carbocycles. The molecule has 1 aromatic carbocycles. The van der Waals surface area contributed by atoms with Crippen LogP contribution in [0.15, 0.2) is 40.8 Å². The Bertz CT molecular complexity index is 437. The normalized spacial score (nSPS) is 9.88. The first-order chi connectivity index (χ1) is 7.29. The second-order valence-corrected chi connectivity index (χ2v) is 3.74. The maximum Gasteiger partial charge on any atom is 0.134 e. The van der Waals surface area contributed by atoms with Crippen molar-refractivity contribution in [3.05, 3.63) is 47.2 Å². The van der Waals surface area contributed by atoms with Crippen LogP contribution in [-0.2, 0) is 6.54 Å². The molecule has 0 aliphatic heterocycles. The standard InChI is InChI=1S/C12H12ClNO.ClH/c1-14-8-11-6-7-12(15-11)9-2-4-10(13)5-3-9;/h2-7,14H,8H2,1H3;1H. The lowest BCUT2D eigenvalue weighted by atomic mass is 10.2. The van der Waals surface area contributed by atoms with Crippen molar-refractivity contribution >= 4 is 24.0 Å². The predicted octanol–water partition coefficient (Wildman–Crippen LogP) is 3.74. The molecule has 0 unspecified atom stereocenters. The van der Waals surface area contributed by atoms with Gasteiger partial charge in [-0.15, -0.1) is 12.4 Å². The monoisotopic (exact) mass is 257 g/mol. The number of halogens is 2. The summed E-state index contributed by atoms with van der Waals surface area (Å²) in [4.78, 5) is 0. The van der Waals surface area contributed by atoms with Gasteiger partial charge >= 0.3 is 0 Å². The van der Waals surface area contributed by atoms with Gasteiger partial charge in [0, 0.05) is 10.6 Å². The molecule has 86 valence electrons. The summed E-state index contributed by atoms with van der Waals surface area (Å²) in [6.45, 7) is 0.744. The lowest BCUT2D eigenvalue weighted by Crippen LogP contribution is -2.03. The number of hydrogen-bond acceptors (Lipinski definition) is 2. The van der Waals surface area contributed by atoms with Crippen LogP contribution >= 0.6 is 24.0 Å². The zero-order chi connectivity index (χ0) is 10.7. The lowest BCUT2D eigenvalue weighted by molar-refractivity contribution is 0.507. The molecule has 1 aromatic heterocycles. The van der Waals surface area contributed by atoms with E-state index in [0.717, 1.165) is 28.7 Å². The third kappa shape index (κ3) is 3.01. The van der Waals surface area contributed by atoms with Gasteiger partial charge in [-0.3, -0.25) is 0 Å². The van der Waals surface area contributed by atoms with Crippen LogP contribution in [0.3, 0.4) is 0 Å². The fourth-order valence-corrected chi connectivity index (χ4v) is 1.54. The van der Waals surface area contributed by atoms with Crippen molar-refractivity contribution in [1.29, 1.82) is 0 Å². The third-order valence-electron chi connectivity index (χ3n) is 2.14. The quantitative estimate of drug-likeness (QED) is 0.907. The molecular weight excluding hydrogens is 245 g/mol. The first kappa shape index (κ1) is 13.1. The Morgan fingerprint density at radius 2 is 1.81 bits per heavy atom. The minimum Gasteiger partial charge on any atom is -0.460 e. The van der Waals surface area contributed by atoms with Gasteiger partial charge in [0.2, 0.25) is 0 Å². The Kier molecular flexibility index (Phi) is 4.87. The molecule has 1 heterocycles. The Hall–Kier alpha value is -0.960. The Labute approximate surface area is 106 Å². The van der Waals surface area contributed by atoms with Crippen molar-refractivity contribution in [1.82, 2.24) is 5.32 Å². The highest BCUT2D eigenvalue weighted by Crippen LogP contribution is 2.23. The van der Waals surface area contributed by atoms with Crippen LogP contribution in [0.25, 0.3) is 11.3 Å². The van der Waals surface area contributed by atoms with Gasteiger partial charge in [-0.25, -0.2) is 0 Å². The topological polar surface area (TPSA) is 25.2 Å². The summed E-state index contributed by atoms with van der Waals surface area (Å²) in [6.07, 6.45) is 0. The van der Waals surface area contributed by atoms with Crippen LogP contribution in [0.4, 0.5) is 0 Å². The van der Waals surface area contributed by atoms with Crippen molar-refractivity contribution in [2.45, 2.75) is 6.54 Å². The number of nitrogens with one attached hydrogen (secondary N) is 1. The summed E-state index contributed by atoms with van der Waals surface area (Å²) >= 11 is 5.81. The SMILES string of the molecule is CNCc1ccc(-c2ccc(Cl)cc2)o1.Cl. The van der Waals surface area contributed by atoms with Crippen LogP contribution in [0.1, 0.15) is 5.76 Å². The molecule has 16 heavy (non-hydrogen) atoms. The highest BCUT2D eigenvalue weighted by Gasteiger charge is 2.03. The fraction of sp³-hybridized carbons (Fsp3) is 0.167. The summed E-state index contributed by atoms with van der Waals surface area (Å²) < 4.78 is 5.64. The first-order valence-electron chi connectivity index (χ1n) is 4.79. The van der Waals surface area contributed by atoms with Gasteiger partial charge in [0.05, 0.1) is 6.54 Å². The molecule has 0 spiro atoms. The van der Waals surface area contributed by atoms with Crippen LogP contribution in [0.5, 0.6) is 0 Å². The van der Waals surface area contributed by atoms with E-state index in [2.05, 4.69) is 5.32 Å². The van der Waals surface area contributed by atoms with Crippen molar-refractivity contribution in [3.8, 4) is 11.3 Å².